The summed E-state index contributed by atoms with van der Waals surface area (Å²) in [5.41, 5.74) is 3.37. The lowest BCUT2D eigenvalue weighted by atomic mass is 10.0. The quantitative estimate of drug-likeness (QED) is 0.252. The first-order valence-electron chi connectivity index (χ1n) is 10.8. The van der Waals surface area contributed by atoms with Gasteiger partial charge in [-0.3, -0.25) is 4.79 Å². The molecule has 0 aliphatic carbocycles. The zero-order chi connectivity index (χ0) is 25.0. The van der Waals surface area contributed by atoms with Gasteiger partial charge in [0, 0.05) is 29.8 Å². The lowest BCUT2D eigenvalue weighted by Gasteiger charge is -2.10. The van der Waals surface area contributed by atoms with Gasteiger partial charge in [-0.1, -0.05) is 77.0 Å². The van der Waals surface area contributed by atoms with Crippen LogP contribution in [0.3, 0.4) is 0 Å². The summed E-state index contributed by atoms with van der Waals surface area (Å²) in [5.74, 6) is -0.0533. The van der Waals surface area contributed by atoms with Crippen molar-refractivity contribution in [2.24, 2.45) is 10.3 Å². The number of oxime groups is 2. The normalized spacial score (nSPS) is 12.2. The molecule has 0 saturated carbocycles. The van der Waals surface area contributed by atoms with Crippen LogP contribution in [0.25, 0.3) is 6.08 Å². The molecule has 0 aliphatic heterocycles. The number of benzene rings is 3. The molecule has 0 spiro atoms. The predicted molar refractivity (Wildman–Crippen MR) is 134 cm³/mol. The molecule has 0 atom stereocenters. The first-order chi connectivity index (χ1) is 17.0. The smallest absolute Gasteiger partial charge is 0.278 e. The third kappa shape index (κ3) is 7.26. The lowest BCUT2D eigenvalue weighted by Crippen LogP contribution is -2.29. The summed E-state index contributed by atoms with van der Waals surface area (Å²) in [4.78, 5) is 22.6. The van der Waals surface area contributed by atoms with Crippen molar-refractivity contribution < 1.29 is 23.6 Å². The van der Waals surface area contributed by atoms with Crippen LogP contribution < -0.4 is 10.1 Å². The number of rotatable bonds is 10. The van der Waals surface area contributed by atoms with Crippen LogP contribution in [0.5, 0.6) is 5.75 Å². The molecule has 0 radical (unpaired) electrons. The molecule has 3 aromatic carbocycles. The van der Waals surface area contributed by atoms with Crippen LogP contribution in [0.1, 0.15) is 29.2 Å². The zero-order valence-electron chi connectivity index (χ0n) is 19.7. The van der Waals surface area contributed by atoms with Gasteiger partial charge in [-0.15, -0.1) is 0 Å². The molecule has 8 heteroatoms. The zero-order valence-corrected chi connectivity index (χ0v) is 19.7. The Morgan fingerprint density at radius 1 is 1.00 bits per heavy atom. The van der Waals surface area contributed by atoms with Gasteiger partial charge in [0.25, 0.3) is 11.9 Å². The van der Waals surface area contributed by atoms with Crippen LogP contribution in [0.15, 0.2) is 95.2 Å². The third-order valence-corrected chi connectivity index (χ3v) is 4.87. The van der Waals surface area contributed by atoms with Crippen molar-refractivity contribution in [3.05, 3.63) is 107 Å². The van der Waals surface area contributed by atoms with E-state index >= 15 is 0 Å². The number of ether oxygens (including phenoxy) is 1. The van der Waals surface area contributed by atoms with Crippen molar-refractivity contribution in [3.8, 4) is 5.75 Å². The second-order valence-corrected chi connectivity index (χ2v) is 7.30. The second kappa shape index (κ2) is 12.7. The lowest BCUT2D eigenvalue weighted by molar-refractivity contribution is -0.114. The molecule has 3 rings (SSSR count). The van der Waals surface area contributed by atoms with E-state index in [9.17, 15) is 9.18 Å². The maximum absolute atomic E-state index is 14.3. The number of likely N-dealkylation sites (N-methyl/N-ethyl adjacent to an activating group) is 1. The van der Waals surface area contributed by atoms with E-state index in [-0.39, 0.29) is 18.2 Å². The van der Waals surface area contributed by atoms with E-state index in [0.29, 0.717) is 33.7 Å². The molecule has 0 saturated heterocycles. The molecule has 1 amide bonds. The molecule has 0 fully saturated rings. The average molecular weight is 476 g/mol. The van der Waals surface area contributed by atoms with Gasteiger partial charge in [-0.25, -0.2) is 0 Å². The molecular formula is C27H26FN3O4. The number of nitrogens with zero attached hydrogens (tertiary/aromatic N) is 2. The van der Waals surface area contributed by atoms with E-state index < -0.39 is 6.01 Å². The summed E-state index contributed by atoms with van der Waals surface area (Å²) < 4.78 is 19.6. The SMILES string of the molecule is CNC(=O)C(=NOC)c1ccccc1CON=C(C)c1cccc(O/C(F)=C\c2ccccc2)c1. The Hall–Kier alpha value is -4.46. The van der Waals surface area contributed by atoms with Gasteiger partial charge in [0.1, 0.15) is 19.5 Å². The molecule has 0 heterocycles. The second-order valence-electron chi connectivity index (χ2n) is 7.30. The van der Waals surface area contributed by atoms with Gasteiger partial charge in [-0.2, -0.15) is 4.39 Å². The van der Waals surface area contributed by atoms with Crippen LogP contribution in [-0.2, 0) is 21.1 Å². The fraction of sp³-hybridized carbons (Fsp3) is 0.148. The van der Waals surface area contributed by atoms with Gasteiger partial charge in [-0.05, 0) is 24.6 Å². The van der Waals surface area contributed by atoms with E-state index in [0.717, 1.165) is 0 Å². The van der Waals surface area contributed by atoms with E-state index in [1.807, 2.05) is 36.4 Å². The minimum absolute atomic E-state index is 0.0951. The van der Waals surface area contributed by atoms with Crippen LogP contribution >= 0.6 is 0 Å². The summed E-state index contributed by atoms with van der Waals surface area (Å²) in [5, 5.41) is 10.6. The number of hydrogen-bond donors (Lipinski definition) is 1. The minimum Gasteiger partial charge on any atom is -0.432 e. The van der Waals surface area contributed by atoms with E-state index in [2.05, 4.69) is 15.6 Å². The van der Waals surface area contributed by atoms with Gasteiger partial charge in [0.15, 0.2) is 5.71 Å². The van der Waals surface area contributed by atoms with E-state index in [1.54, 1.807) is 49.4 Å². The highest BCUT2D eigenvalue weighted by Crippen LogP contribution is 2.19. The number of amides is 1. The van der Waals surface area contributed by atoms with Crippen molar-refractivity contribution >= 4 is 23.4 Å². The Kier molecular flexibility index (Phi) is 9.13. The highest BCUT2D eigenvalue weighted by atomic mass is 19.1. The molecule has 7 nitrogen and oxygen atoms in total. The number of hydrogen-bond acceptors (Lipinski definition) is 6. The Balaban J connectivity index is 1.70. The maximum Gasteiger partial charge on any atom is 0.278 e. The Morgan fingerprint density at radius 2 is 1.74 bits per heavy atom. The number of nitrogens with one attached hydrogen (secondary N) is 1. The maximum atomic E-state index is 14.3. The Bertz CT molecular complexity index is 1240. The fourth-order valence-corrected chi connectivity index (χ4v) is 3.16. The molecule has 35 heavy (non-hydrogen) atoms. The highest BCUT2D eigenvalue weighted by Gasteiger charge is 2.17. The summed E-state index contributed by atoms with van der Waals surface area (Å²) >= 11 is 0. The fourth-order valence-electron chi connectivity index (χ4n) is 3.16. The number of halogens is 1. The highest BCUT2D eigenvalue weighted by molar-refractivity contribution is 6.45. The monoisotopic (exact) mass is 475 g/mol. The minimum atomic E-state index is -0.722. The molecule has 3 aromatic rings. The molecule has 180 valence electrons. The molecule has 0 unspecified atom stereocenters. The van der Waals surface area contributed by atoms with Crippen molar-refractivity contribution in [1.29, 1.82) is 0 Å². The van der Waals surface area contributed by atoms with Gasteiger partial charge >= 0.3 is 0 Å². The van der Waals surface area contributed by atoms with Crippen LogP contribution in [-0.4, -0.2) is 31.5 Å². The largest absolute Gasteiger partial charge is 0.432 e. The molecule has 0 aliphatic rings. The van der Waals surface area contributed by atoms with Crippen LogP contribution in [0, 0.1) is 0 Å². The van der Waals surface area contributed by atoms with Crippen LogP contribution in [0.2, 0.25) is 0 Å². The molecule has 1 N–H and O–H groups in total. The van der Waals surface area contributed by atoms with Crippen molar-refractivity contribution in [2.75, 3.05) is 14.2 Å². The topological polar surface area (TPSA) is 81.5 Å². The Morgan fingerprint density at radius 3 is 2.49 bits per heavy atom. The van der Waals surface area contributed by atoms with Gasteiger partial charge < -0.3 is 19.7 Å². The first-order valence-corrected chi connectivity index (χ1v) is 10.8. The van der Waals surface area contributed by atoms with Crippen molar-refractivity contribution in [2.45, 2.75) is 13.5 Å². The molecule has 0 aromatic heterocycles. The van der Waals surface area contributed by atoms with Crippen molar-refractivity contribution in [3.63, 3.8) is 0 Å². The van der Waals surface area contributed by atoms with Crippen molar-refractivity contribution in [1.82, 2.24) is 5.32 Å². The summed E-state index contributed by atoms with van der Waals surface area (Å²) in [7, 11) is 2.89. The van der Waals surface area contributed by atoms with Gasteiger partial charge in [0.2, 0.25) is 0 Å². The summed E-state index contributed by atoms with van der Waals surface area (Å²) in [6.07, 6.45) is 1.31. The summed E-state index contributed by atoms with van der Waals surface area (Å²) in [6, 6.07) is 22.4. The standard InChI is InChI=1S/C27H26FN3O4/c1-19(21-13-9-14-23(17-21)35-25(28)16-20-10-5-4-6-11-20)30-34-18-22-12-7-8-15-24(22)26(31-33-3)27(32)29-2/h4-17H,18H2,1-3H3,(H,29,32)/b25-16-,30-19?,31-26?. The van der Waals surface area contributed by atoms with Crippen LogP contribution in [0.4, 0.5) is 4.39 Å². The average Bonchev–Trinajstić information content (AvgIpc) is 2.88. The summed E-state index contributed by atoms with van der Waals surface area (Å²) in [6.45, 7) is 1.86. The van der Waals surface area contributed by atoms with E-state index in [1.165, 1.54) is 20.2 Å². The Labute approximate surface area is 203 Å². The number of carbonyl (C=O) groups excluding carboxylic acids is 1. The third-order valence-electron chi connectivity index (χ3n) is 4.87. The number of carbonyl (C=O) groups is 1. The molecule has 0 bridgehead atoms. The first kappa shape index (κ1) is 25.2. The predicted octanol–water partition coefficient (Wildman–Crippen LogP) is 5.07. The van der Waals surface area contributed by atoms with Gasteiger partial charge in [0.05, 0.1) is 5.71 Å². The molecular weight excluding hydrogens is 449 g/mol. The van der Waals surface area contributed by atoms with E-state index in [4.69, 9.17) is 14.4 Å².